The topological polar surface area (TPSA) is 63.6 Å². The van der Waals surface area contributed by atoms with Crippen molar-refractivity contribution in [1.82, 2.24) is 4.98 Å². The van der Waals surface area contributed by atoms with Crippen molar-refractivity contribution in [2.75, 3.05) is 0 Å². The second-order valence-electron chi connectivity index (χ2n) is 12.3. The van der Waals surface area contributed by atoms with Gasteiger partial charge in [0, 0.05) is 27.5 Å². The van der Waals surface area contributed by atoms with Crippen molar-refractivity contribution < 1.29 is 0 Å². The van der Waals surface area contributed by atoms with Crippen molar-refractivity contribution in [2.24, 2.45) is 15.7 Å². The van der Waals surface area contributed by atoms with E-state index in [1.54, 1.807) is 0 Å². The quantitative estimate of drug-likeness (QED) is 0.107. The van der Waals surface area contributed by atoms with Crippen LogP contribution in [0.3, 0.4) is 0 Å². The second kappa shape index (κ2) is 13.8. The van der Waals surface area contributed by atoms with E-state index >= 15 is 0 Å². The Balaban J connectivity index is 1.25. The molecule has 0 bridgehead atoms. The Morgan fingerprint density at radius 2 is 1.00 bits per heavy atom. The van der Waals surface area contributed by atoms with E-state index in [1.165, 1.54) is 5.39 Å². The Bertz CT molecular complexity index is 2490. The van der Waals surface area contributed by atoms with Crippen molar-refractivity contribution in [1.29, 1.82) is 0 Å². The van der Waals surface area contributed by atoms with Gasteiger partial charge in [0.1, 0.15) is 5.84 Å². The Labute approximate surface area is 292 Å². The Morgan fingerprint density at radius 1 is 0.460 bits per heavy atom. The zero-order valence-electron chi connectivity index (χ0n) is 27.4. The van der Waals surface area contributed by atoms with Crippen LogP contribution in [0.15, 0.2) is 192 Å². The molecule has 0 atom stereocenters. The zero-order valence-corrected chi connectivity index (χ0v) is 27.4. The Hall–Kier alpha value is -6.65. The molecule has 2 N–H and O–H groups in total. The van der Waals surface area contributed by atoms with Gasteiger partial charge < -0.3 is 5.73 Å². The predicted molar refractivity (Wildman–Crippen MR) is 209 cm³/mol. The monoisotopic (exact) mass is 642 g/mol. The molecule has 238 valence electrons. The minimum atomic E-state index is 0.420. The van der Waals surface area contributed by atoms with Crippen LogP contribution in [0.1, 0.15) is 16.7 Å². The lowest BCUT2D eigenvalue weighted by Crippen LogP contribution is -2.16. The lowest BCUT2D eigenvalue weighted by atomic mass is 9.94. The summed E-state index contributed by atoms with van der Waals surface area (Å²) in [5.74, 6) is 1.00. The number of aliphatic imine (C=N–C) groups is 2. The van der Waals surface area contributed by atoms with Crippen LogP contribution in [-0.4, -0.2) is 16.7 Å². The maximum absolute atomic E-state index is 6.61. The van der Waals surface area contributed by atoms with E-state index in [4.69, 9.17) is 20.7 Å². The van der Waals surface area contributed by atoms with Crippen LogP contribution >= 0.6 is 0 Å². The molecular weight excluding hydrogens is 609 g/mol. The van der Waals surface area contributed by atoms with Crippen LogP contribution in [0.5, 0.6) is 0 Å². The van der Waals surface area contributed by atoms with E-state index in [2.05, 4.69) is 121 Å². The summed E-state index contributed by atoms with van der Waals surface area (Å²) >= 11 is 0. The maximum atomic E-state index is 6.61. The lowest BCUT2D eigenvalue weighted by molar-refractivity contribution is 1.06. The normalized spacial score (nSPS) is 12.0. The van der Waals surface area contributed by atoms with E-state index in [-0.39, 0.29) is 0 Å². The number of hydrogen-bond donors (Lipinski definition) is 1. The van der Waals surface area contributed by atoms with Crippen LogP contribution < -0.4 is 5.73 Å². The number of nitrogens with zero attached hydrogens (tertiary/aromatic N) is 3. The van der Waals surface area contributed by atoms with Gasteiger partial charge in [-0.15, -0.1) is 0 Å². The van der Waals surface area contributed by atoms with Crippen molar-refractivity contribution in [3.8, 4) is 33.5 Å². The van der Waals surface area contributed by atoms with Crippen molar-refractivity contribution in [3.05, 3.63) is 199 Å². The lowest BCUT2D eigenvalue weighted by Gasteiger charge is -2.13. The number of pyridine rings is 1. The molecule has 0 aliphatic heterocycles. The molecule has 0 amide bonds. The van der Waals surface area contributed by atoms with Gasteiger partial charge in [0.15, 0.2) is 5.84 Å². The fraction of sp³-hybridized carbons (Fsp3) is 0.0217. The number of nitrogens with two attached hydrogens (primary N) is 1. The molecule has 7 aromatic carbocycles. The highest BCUT2D eigenvalue weighted by Gasteiger charge is 2.14. The number of benzene rings is 7. The fourth-order valence-corrected chi connectivity index (χ4v) is 6.39. The smallest absolute Gasteiger partial charge is 0.157 e. The second-order valence-corrected chi connectivity index (χ2v) is 12.3. The Kier molecular flexibility index (Phi) is 8.49. The summed E-state index contributed by atoms with van der Waals surface area (Å²) < 4.78 is 0. The summed E-state index contributed by atoms with van der Waals surface area (Å²) in [7, 11) is 0. The van der Waals surface area contributed by atoms with Crippen LogP contribution in [0.4, 0.5) is 0 Å². The van der Waals surface area contributed by atoms with E-state index in [1.807, 2.05) is 60.7 Å². The first-order valence-corrected chi connectivity index (χ1v) is 16.8. The van der Waals surface area contributed by atoms with Gasteiger partial charge in [0.2, 0.25) is 0 Å². The number of para-hydroxylation sites is 1. The molecule has 8 rings (SSSR count). The first-order chi connectivity index (χ1) is 24.7. The van der Waals surface area contributed by atoms with E-state index in [0.717, 1.165) is 66.5 Å². The van der Waals surface area contributed by atoms with Gasteiger partial charge in [0.25, 0.3) is 0 Å². The number of hydrogen-bond acceptors (Lipinski definition) is 2. The number of amidine groups is 2. The molecule has 1 aromatic heterocycles. The minimum absolute atomic E-state index is 0.420. The van der Waals surface area contributed by atoms with Crippen LogP contribution in [-0.2, 0) is 6.54 Å². The van der Waals surface area contributed by atoms with Gasteiger partial charge in [0.05, 0.1) is 17.8 Å². The first kappa shape index (κ1) is 30.7. The van der Waals surface area contributed by atoms with Crippen molar-refractivity contribution >= 4 is 33.3 Å². The molecule has 0 saturated carbocycles. The van der Waals surface area contributed by atoms with Gasteiger partial charge in [-0.3, -0.25) is 4.99 Å². The standard InChI is InChI=1S/C46H34N4/c47-45(36-18-8-3-9-19-36)50-46(48-31-32-14-4-1-5-15-32)39-29-37(33-16-6-2-7-17-33)28-38(30-39)34-24-26-35(27-25-34)44-42-22-11-10-20-40(42)41-21-12-13-23-43(41)49-44/h1-30H,31H2,(H2,47,48,50). The average molecular weight is 643 g/mol. The summed E-state index contributed by atoms with van der Waals surface area (Å²) in [6.07, 6.45) is 0. The Morgan fingerprint density at radius 3 is 1.70 bits per heavy atom. The van der Waals surface area contributed by atoms with E-state index < -0.39 is 0 Å². The molecular formula is C46H34N4. The van der Waals surface area contributed by atoms with Gasteiger partial charge in [-0.1, -0.05) is 158 Å². The summed E-state index contributed by atoms with van der Waals surface area (Å²) in [5.41, 5.74) is 16.8. The molecule has 1 heterocycles. The predicted octanol–water partition coefficient (Wildman–Crippen LogP) is 10.7. The molecule has 0 fully saturated rings. The molecule has 50 heavy (non-hydrogen) atoms. The molecule has 4 nitrogen and oxygen atoms in total. The highest BCUT2D eigenvalue weighted by atomic mass is 15.0. The fourth-order valence-electron chi connectivity index (χ4n) is 6.39. The van der Waals surface area contributed by atoms with E-state index in [9.17, 15) is 0 Å². The summed E-state index contributed by atoms with van der Waals surface area (Å²) in [4.78, 5) is 15.1. The molecule has 0 unspecified atom stereocenters. The zero-order chi connectivity index (χ0) is 33.7. The summed E-state index contributed by atoms with van der Waals surface area (Å²) in [6, 6.07) is 62.6. The van der Waals surface area contributed by atoms with Crippen LogP contribution in [0.2, 0.25) is 0 Å². The molecule has 0 aliphatic rings. The largest absolute Gasteiger partial charge is 0.383 e. The van der Waals surface area contributed by atoms with Crippen LogP contribution in [0, 0.1) is 0 Å². The maximum Gasteiger partial charge on any atom is 0.157 e. The highest BCUT2D eigenvalue weighted by molar-refractivity contribution is 6.12. The third-order valence-electron chi connectivity index (χ3n) is 8.95. The minimum Gasteiger partial charge on any atom is -0.383 e. The van der Waals surface area contributed by atoms with Crippen molar-refractivity contribution in [3.63, 3.8) is 0 Å². The summed E-state index contributed by atoms with van der Waals surface area (Å²) in [5, 5.41) is 3.50. The number of fused-ring (bicyclic) bond motifs is 3. The summed E-state index contributed by atoms with van der Waals surface area (Å²) in [6.45, 7) is 0.480. The third-order valence-corrected chi connectivity index (χ3v) is 8.95. The van der Waals surface area contributed by atoms with E-state index in [0.29, 0.717) is 18.2 Å². The van der Waals surface area contributed by atoms with Gasteiger partial charge in [-0.25, -0.2) is 9.98 Å². The van der Waals surface area contributed by atoms with Crippen molar-refractivity contribution in [2.45, 2.75) is 6.54 Å². The number of rotatable bonds is 7. The highest BCUT2D eigenvalue weighted by Crippen LogP contribution is 2.34. The van der Waals surface area contributed by atoms with Gasteiger partial charge in [-0.05, 0) is 57.5 Å². The molecule has 0 saturated heterocycles. The SMILES string of the molecule is NC(=NC(=NCc1ccccc1)c1cc(-c2ccccc2)cc(-c2ccc(-c3nc4ccccc4c4ccccc34)cc2)c1)c1ccccc1. The average Bonchev–Trinajstić information content (AvgIpc) is 3.20. The molecule has 0 radical (unpaired) electrons. The number of aromatic nitrogens is 1. The molecule has 4 heteroatoms. The molecule has 0 aliphatic carbocycles. The van der Waals surface area contributed by atoms with Gasteiger partial charge in [-0.2, -0.15) is 0 Å². The molecule has 8 aromatic rings. The first-order valence-electron chi connectivity index (χ1n) is 16.8. The van der Waals surface area contributed by atoms with Gasteiger partial charge >= 0.3 is 0 Å². The van der Waals surface area contributed by atoms with Crippen LogP contribution in [0.25, 0.3) is 55.2 Å². The molecule has 0 spiro atoms. The third kappa shape index (κ3) is 6.43.